The topological polar surface area (TPSA) is 71.8 Å². The first-order chi connectivity index (χ1) is 15.0. The van der Waals surface area contributed by atoms with Gasteiger partial charge < -0.3 is 19.4 Å². The molecule has 4 aromatic rings. The Morgan fingerprint density at radius 3 is 2.68 bits per heavy atom. The van der Waals surface area contributed by atoms with Gasteiger partial charge in [-0.2, -0.15) is 0 Å². The summed E-state index contributed by atoms with van der Waals surface area (Å²) in [7, 11) is 1.53. The normalized spacial score (nSPS) is 16.3. The van der Waals surface area contributed by atoms with E-state index in [4.69, 9.17) is 9.15 Å². The molecule has 2 amide bonds. The summed E-state index contributed by atoms with van der Waals surface area (Å²) >= 11 is 0. The molecule has 5 rings (SSSR count). The number of rotatable bonds is 4. The molecule has 0 radical (unpaired) electrons. The van der Waals surface area contributed by atoms with Crippen molar-refractivity contribution in [3.8, 4) is 5.75 Å². The van der Waals surface area contributed by atoms with Crippen molar-refractivity contribution in [3.05, 3.63) is 66.5 Å². The molecule has 0 saturated carbocycles. The minimum atomic E-state index is -0.608. The first kappa shape index (κ1) is 19.1. The van der Waals surface area contributed by atoms with Crippen LogP contribution in [0, 0.1) is 11.7 Å². The summed E-state index contributed by atoms with van der Waals surface area (Å²) in [5.74, 6) is -1.23. The van der Waals surface area contributed by atoms with E-state index in [0.717, 1.165) is 16.4 Å². The van der Waals surface area contributed by atoms with E-state index in [9.17, 15) is 14.0 Å². The number of methoxy groups -OCH3 is 1. The molecule has 0 aliphatic carbocycles. The Hall–Kier alpha value is -3.87. The van der Waals surface area contributed by atoms with Gasteiger partial charge in [-0.15, -0.1) is 0 Å². The number of para-hydroxylation sites is 2. The van der Waals surface area contributed by atoms with Crippen molar-refractivity contribution in [1.82, 2.24) is 0 Å². The fraction of sp³-hybridized carbons (Fsp3) is 0.167. The Bertz CT molecular complexity index is 1330. The number of amides is 2. The second-order valence-corrected chi connectivity index (χ2v) is 7.49. The standard InChI is InChI=1S/C24H19FN2O4/c1-30-22-11-16-15-6-2-5-9-20(15)31-21(16)12-18(22)26-24(29)14-10-23(28)27(13-14)19-8-4-3-7-17(19)25/h2-9,11-12,14H,10,13H2,1H3,(H,26,29)/t14-/m1/s1. The van der Waals surface area contributed by atoms with Crippen LogP contribution in [0.5, 0.6) is 5.75 Å². The lowest BCUT2D eigenvalue weighted by atomic mass is 10.1. The molecular formula is C24H19FN2O4. The van der Waals surface area contributed by atoms with Crippen molar-refractivity contribution in [1.29, 1.82) is 0 Å². The second-order valence-electron chi connectivity index (χ2n) is 7.49. The fourth-order valence-electron chi connectivity index (χ4n) is 4.04. The molecular weight excluding hydrogens is 399 g/mol. The van der Waals surface area contributed by atoms with Gasteiger partial charge in [-0.1, -0.05) is 30.3 Å². The minimum absolute atomic E-state index is 0.00929. The summed E-state index contributed by atoms with van der Waals surface area (Å²) < 4.78 is 25.5. The third-order valence-corrected chi connectivity index (χ3v) is 5.60. The van der Waals surface area contributed by atoms with Gasteiger partial charge in [0.15, 0.2) is 0 Å². The number of fused-ring (bicyclic) bond motifs is 3. The zero-order valence-corrected chi connectivity index (χ0v) is 16.7. The number of furan rings is 1. The van der Waals surface area contributed by atoms with Crippen LogP contribution in [0.1, 0.15) is 6.42 Å². The molecule has 7 heteroatoms. The van der Waals surface area contributed by atoms with E-state index in [0.29, 0.717) is 17.0 Å². The molecule has 1 atom stereocenters. The molecule has 0 spiro atoms. The number of hydrogen-bond acceptors (Lipinski definition) is 4. The third kappa shape index (κ3) is 3.28. The summed E-state index contributed by atoms with van der Waals surface area (Å²) in [5.41, 5.74) is 2.00. The molecule has 6 nitrogen and oxygen atoms in total. The molecule has 1 N–H and O–H groups in total. The average molecular weight is 418 g/mol. The molecule has 3 aromatic carbocycles. The van der Waals surface area contributed by atoms with Gasteiger partial charge in [-0.25, -0.2) is 4.39 Å². The SMILES string of the molecule is COc1cc2c(cc1NC(=O)[C@@H]1CC(=O)N(c3ccccc3F)C1)oc1ccccc12. The maximum absolute atomic E-state index is 14.1. The predicted octanol–water partition coefficient (Wildman–Crippen LogP) is 4.73. The molecule has 1 aromatic heterocycles. The lowest BCUT2D eigenvalue weighted by Gasteiger charge is -2.17. The molecule has 1 fully saturated rings. The number of carbonyl (C=O) groups is 2. The zero-order chi connectivity index (χ0) is 21.5. The highest BCUT2D eigenvalue weighted by atomic mass is 19.1. The van der Waals surface area contributed by atoms with Crippen LogP contribution in [0.3, 0.4) is 0 Å². The lowest BCUT2D eigenvalue weighted by molar-refractivity contribution is -0.122. The van der Waals surface area contributed by atoms with Gasteiger partial charge in [0.05, 0.1) is 24.4 Å². The van der Waals surface area contributed by atoms with Crippen molar-refractivity contribution in [2.45, 2.75) is 6.42 Å². The molecule has 1 saturated heterocycles. The number of hydrogen-bond donors (Lipinski definition) is 1. The van der Waals surface area contributed by atoms with Crippen molar-refractivity contribution in [2.75, 3.05) is 23.9 Å². The van der Waals surface area contributed by atoms with Crippen molar-refractivity contribution >= 4 is 45.1 Å². The van der Waals surface area contributed by atoms with E-state index in [1.807, 2.05) is 30.3 Å². The number of nitrogens with zero attached hydrogens (tertiary/aromatic N) is 1. The molecule has 1 aliphatic heterocycles. The number of nitrogens with one attached hydrogen (secondary N) is 1. The molecule has 1 aliphatic rings. The molecule has 31 heavy (non-hydrogen) atoms. The maximum Gasteiger partial charge on any atom is 0.229 e. The van der Waals surface area contributed by atoms with Crippen molar-refractivity contribution in [3.63, 3.8) is 0 Å². The zero-order valence-electron chi connectivity index (χ0n) is 16.7. The number of benzene rings is 3. The first-order valence-electron chi connectivity index (χ1n) is 9.90. The molecule has 0 unspecified atom stereocenters. The highest BCUT2D eigenvalue weighted by Gasteiger charge is 2.36. The summed E-state index contributed by atoms with van der Waals surface area (Å²) in [6.45, 7) is 0.112. The highest BCUT2D eigenvalue weighted by Crippen LogP contribution is 2.37. The van der Waals surface area contributed by atoms with E-state index in [1.54, 1.807) is 18.2 Å². The maximum atomic E-state index is 14.1. The Balaban J connectivity index is 1.42. The van der Waals surface area contributed by atoms with Gasteiger partial charge in [-0.05, 0) is 24.3 Å². The first-order valence-corrected chi connectivity index (χ1v) is 9.90. The van der Waals surface area contributed by atoms with Gasteiger partial charge in [0.25, 0.3) is 0 Å². The Labute approximate surface area is 177 Å². The molecule has 2 heterocycles. The summed E-state index contributed by atoms with van der Waals surface area (Å²) in [5, 5.41) is 4.69. The Morgan fingerprint density at radius 1 is 1.10 bits per heavy atom. The summed E-state index contributed by atoms with van der Waals surface area (Å²) in [6, 6.07) is 17.2. The molecule has 0 bridgehead atoms. The van der Waals surface area contributed by atoms with Crippen LogP contribution in [0.2, 0.25) is 0 Å². The number of carbonyl (C=O) groups excluding carboxylic acids is 2. The van der Waals surface area contributed by atoms with Crippen LogP contribution in [0.25, 0.3) is 21.9 Å². The third-order valence-electron chi connectivity index (χ3n) is 5.60. The molecule has 156 valence electrons. The average Bonchev–Trinajstić information content (AvgIpc) is 3.33. The van der Waals surface area contributed by atoms with Gasteiger partial charge in [0.2, 0.25) is 11.8 Å². The van der Waals surface area contributed by atoms with Gasteiger partial charge in [0, 0.05) is 29.8 Å². The predicted molar refractivity (Wildman–Crippen MR) is 116 cm³/mol. The lowest BCUT2D eigenvalue weighted by Crippen LogP contribution is -2.28. The highest BCUT2D eigenvalue weighted by molar-refractivity contribution is 6.09. The van der Waals surface area contributed by atoms with Crippen LogP contribution < -0.4 is 15.0 Å². The van der Waals surface area contributed by atoms with Crippen LogP contribution in [-0.4, -0.2) is 25.5 Å². The van der Waals surface area contributed by atoms with Crippen LogP contribution in [-0.2, 0) is 9.59 Å². The van der Waals surface area contributed by atoms with Crippen LogP contribution in [0.15, 0.2) is 65.1 Å². The van der Waals surface area contributed by atoms with E-state index >= 15 is 0 Å². The summed E-state index contributed by atoms with van der Waals surface area (Å²) in [4.78, 5) is 26.7. The van der Waals surface area contributed by atoms with Gasteiger partial charge >= 0.3 is 0 Å². The number of anilines is 2. The quantitative estimate of drug-likeness (QED) is 0.520. The smallest absolute Gasteiger partial charge is 0.229 e. The Kier molecular flexibility index (Phi) is 4.58. The monoisotopic (exact) mass is 418 g/mol. The van der Waals surface area contributed by atoms with E-state index < -0.39 is 11.7 Å². The minimum Gasteiger partial charge on any atom is -0.495 e. The van der Waals surface area contributed by atoms with Crippen molar-refractivity contribution < 1.29 is 23.1 Å². The fourth-order valence-corrected chi connectivity index (χ4v) is 4.04. The van der Waals surface area contributed by atoms with E-state index in [1.165, 1.54) is 24.1 Å². The van der Waals surface area contributed by atoms with Crippen LogP contribution >= 0.6 is 0 Å². The van der Waals surface area contributed by atoms with Crippen LogP contribution in [0.4, 0.5) is 15.8 Å². The number of ether oxygens (including phenoxy) is 1. The largest absolute Gasteiger partial charge is 0.495 e. The van der Waals surface area contributed by atoms with Crippen molar-refractivity contribution in [2.24, 2.45) is 5.92 Å². The van der Waals surface area contributed by atoms with E-state index in [-0.39, 0.29) is 30.5 Å². The Morgan fingerprint density at radius 2 is 1.87 bits per heavy atom. The van der Waals surface area contributed by atoms with Gasteiger partial charge in [-0.3, -0.25) is 9.59 Å². The number of halogens is 1. The second kappa shape index (κ2) is 7.43. The van der Waals surface area contributed by atoms with E-state index in [2.05, 4.69) is 5.32 Å². The van der Waals surface area contributed by atoms with Gasteiger partial charge in [0.1, 0.15) is 22.7 Å². The summed E-state index contributed by atoms with van der Waals surface area (Å²) in [6.07, 6.45) is 0.00929.